The van der Waals surface area contributed by atoms with Crippen LogP contribution in [0.15, 0.2) is 0 Å². The van der Waals surface area contributed by atoms with E-state index in [1.54, 1.807) is 0 Å². The van der Waals surface area contributed by atoms with Gasteiger partial charge >= 0.3 is 23.9 Å². The zero-order chi connectivity index (χ0) is 52.3. The molecule has 14 nitrogen and oxygen atoms in total. The van der Waals surface area contributed by atoms with Crippen LogP contribution >= 0.6 is 0 Å². The maximum absolute atomic E-state index is 13.7. The van der Waals surface area contributed by atoms with Crippen LogP contribution in [0.1, 0.15) is 246 Å². The van der Waals surface area contributed by atoms with E-state index in [1.165, 1.54) is 108 Å². The minimum atomic E-state index is -0.860. The third-order valence-electron chi connectivity index (χ3n) is 14.2. The van der Waals surface area contributed by atoms with Crippen molar-refractivity contribution in [1.29, 1.82) is 0 Å². The second-order valence-corrected chi connectivity index (χ2v) is 20.9. The Labute approximate surface area is 438 Å². The molecule has 0 spiro atoms. The fraction of sp³-hybridized carbons (Fsp3) is 0.914. The van der Waals surface area contributed by atoms with E-state index >= 15 is 0 Å². The lowest BCUT2D eigenvalue weighted by molar-refractivity contribution is -0.159. The molecule has 72 heavy (non-hydrogen) atoms. The lowest BCUT2D eigenvalue weighted by Crippen LogP contribution is -2.46. The highest BCUT2D eigenvalue weighted by Crippen LogP contribution is 2.25. The summed E-state index contributed by atoms with van der Waals surface area (Å²) >= 11 is 0. The van der Waals surface area contributed by atoms with Crippen LogP contribution in [0.25, 0.3) is 0 Å². The SMILES string of the molecule is CCCCCCCCC(CCCCCCCC)OC(=O)CCCCC(=O)OC1CC(C(=O)OCCN2CCN(C)CC2)N(C(=O)CCCCOC(=O)CCC(OCCCCCCC)OCCCCCCC)C1. The molecule has 0 N–H and O–H groups in total. The van der Waals surface area contributed by atoms with Gasteiger partial charge in [0, 0.05) is 78.0 Å². The Morgan fingerprint density at radius 3 is 1.56 bits per heavy atom. The maximum atomic E-state index is 13.7. The summed E-state index contributed by atoms with van der Waals surface area (Å²) < 4.78 is 35.2. The van der Waals surface area contributed by atoms with Crippen LogP contribution in [-0.2, 0) is 52.4 Å². The van der Waals surface area contributed by atoms with Crippen LogP contribution in [-0.4, -0.2) is 142 Å². The van der Waals surface area contributed by atoms with E-state index in [0.29, 0.717) is 51.9 Å². The molecule has 0 aromatic carbocycles. The molecule has 0 saturated carbocycles. The molecule has 420 valence electrons. The number of piperazine rings is 1. The Morgan fingerprint density at radius 2 is 0.986 bits per heavy atom. The minimum absolute atomic E-state index is 0.0458. The highest BCUT2D eigenvalue weighted by molar-refractivity contribution is 5.85. The van der Waals surface area contributed by atoms with Crippen molar-refractivity contribution in [1.82, 2.24) is 14.7 Å². The van der Waals surface area contributed by atoms with Crippen molar-refractivity contribution in [2.75, 3.05) is 72.7 Å². The van der Waals surface area contributed by atoms with Gasteiger partial charge in [0.05, 0.1) is 19.6 Å². The molecule has 1 amide bonds. The summed E-state index contributed by atoms with van der Waals surface area (Å²) in [4.78, 5) is 72.1. The molecular weight excluding hydrogens is 915 g/mol. The van der Waals surface area contributed by atoms with Gasteiger partial charge in [-0.25, -0.2) is 4.79 Å². The number of esters is 4. The van der Waals surface area contributed by atoms with Crippen LogP contribution < -0.4 is 0 Å². The smallest absolute Gasteiger partial charge is 0.329 e. The zero-order valence-electron chi connectivity index (χ0n) is 46.8. The quantitative estimate of drug-likeness (QED) is 0.0246. The molecule has 0 bridgehead atoms. The standard InChI is InChI=1S/C58H107N3O11/c1-6-10-14-18-20-24-32-50(33-25-21-19-15-11-7-2)71-55(64)35-26-27-36-56(65)72-51-48-52(58(66)70-47-43-60-41-39-59(5)40-42-60)61(49-51)53(62)34-28-31-44-67-54(63)37-38-57(68-45-29-22-16-12-8-3)69-46-30-23-17-13-9-4/h50-52,57H,6-49H2,1-5H3. The topological polar surface area (TPSA) is 150 Å². The number of rotatable bonds is 47. The molecule has 14 heteroatoms. The monoisotopic (exact) mass is 1020 g/mol. The summed E-state index contributed by atoms with van der Waals surface area (Å²) in [5, 5.41) is 0. The lowest BCUT2D eigenvalue weighted by atomic mass is 10.0. The first-order chi connectivity index (χ1) is 35.1. The number of likely N-dealkylation sites (tertiary alicyclic amines) is 1. The Kier molecular flexibility index (Phi) is 40.3. The first kappa shape index (κ1) is 65.3. The number of hydrogen-bond acceptors (Lipinski definition) is 13. The highest BCUT2D eigenvalue weighted by atomic mass is 16.7. The van der Waals surface area contributed by atoms with Crippen molar-refractivity contribution >= 4 is 29.8 Å². The Balaban J connectivity index is 1.85. The molecular formula is C58H107N3O11. The number of carbonyl (C=O) groups excluding carboxylic acids is 5. The van der Waals surface area contributed by atoms with Gasteiger partial charge in [-0.3, -0.25) is 24.1 Å². The van der Waals surface area contributed by atoms with Crippen molar-refractivity contribution in [3.8, 4) is 0 Å². The summed E-state index contributed by atoms with van der Waals surface area (Å²) in [7, 11) is 2.09. The van der Waals surface area contributed by atoms with Crippen molar-refractivity contribution in [2.45, 2.75) is 271 Å². The molecule has 0 radical (unpaired) electrons. The molecule has 2 rings (SSSR count). The van der Waals surface area contributed by atoms with Gasteiger partial charge in [0.2, 0.25) is 5.91 Å². The van der Waals surface area contributed by atoms with E-state index < -0.39 is 30.4 Å². The third-order valence-corrected chi connectivity index (χ3v) is 14.2. The highest BCUT2D eigenvalue weighted by Gasteiger charge is 2.42. The summed E-state index contributed by atoms with van der Waals surface area (Å²) in [5.41, 5.74) is 0. The molecule has 2 aliphatic heterocycles. The largest absolute Gasteiger partial charge is 0.466 e. The van der Waals surface area contributed by atoms with Gasteiger partial charge in [0.1, 0.15) is 24.9 Å². The van der Waals surface area contributed by atoms with Crippen molar-refractivity contribution in [2.24, 2.45) is 0 Å². The number of unbranched alkanes of at least 4 members (excludes halogenated alkanes) is 20. The fourth-order valence-corrected chi connectivity index (χ4v) is 9.49. The van der Waals surface area contributed by atoms with Crippen LogP contribution in [0.2, 0.25) is 0 Å². The number of likely N-dealkylation sites (N-methyl/N-ethyl adjacent to an activating group) is 1. The summed E-state index contributed by atoms with van der Waals surface area (Å²) in [5.74, 6) is -1.65. The fourth-order valence-electron chi connectivity index (χ4n) is 9.49. The van der Waals surface area contributed by atoms with Crippen LogP contribution in [0.3, 0.4) is 0 Å². The predicted octanol–water partition coefficient (Wildman–Crippen LogP) is 12.1. The second kappa shape index (κ2) is 44.5. The van der Waals surface area contributed by atoms with Crippen LogP contribution in [0.5, 0.6) is 0 Å². The molecule has 2 atom stereocenters. The Morgan fingerprint density at radius 1 is 0.486 bits per heavy atom. The van der Waals surface area contributed by atoms with E-state index in [4.69, 9.17) is 28.4 Å². The second-order valence-electron chi connectivity index (χ2n) is 20.9. The summed E-state index contributed by atoms with van der Waals surface area (Å²) in [6, 6.07) is -0.860. The Bertz CT molecular complexity index is 1350. The lowest BCUT2D eigenvalue weighted by Gasteiger charge is -2.32. The normalized spacial score (nSPS) is 16.5. The first-order valence-corrected chi connectivity index (χ1v) is 29.7. The first-order valence-electron chi connectivity index (χ1n) is 29.7. The number of nitrogens with zero attached hydrogens (tertiary/aromatic N) is 3. The molecule has 2 aliphatic rings. The van der Waals surface area contributed by atoms with Crippen molar-refractivity contribution in [3.05, 3.63) is 0 Å². The number of ether oxygens (including phenoxy) is 6. The molecule has 2 saturated heterocycles. The van der Waals surface area contributed by atoms with Gasteiger partial charge < -0.3 is 38.2 Å². The van der Waals surface area contributed by atoms with Crippen molar-refractivity contribution in [3.63, 3.8) is 0 Å². The van der Waals surface area contributed by atoms with Crippen LogP contribution in [0.4, 0.5) is 0 Å². The summed E-state index contributed by atoms with van der Waals surface area (Å²) in [6.45, 7) is 14.9. The molecule has 2 fully saturated rings. The number of hydrogen-bond donors (Lipinski definition) is 0. The van der Waals surface area contributed by atoms with Gasteiger partial charge in [-0.05, 0) is 71.3 Å². The van der Waals surface area contributed by atoms with Gasteiger partial charge in [-0.1, -0.05) is 143 Å². The predicted molar refractivity (Wildman–Crippen MR) is 286 cm³/mol. The molecule has 0 aromatic rings. The molecule has 0 aliphatic carbocycles. The Hall–Kier alpha value is -2.81. The van der Waals surface area contributed by atoms with E-state index in [-0.39, 0.29) is 75.8 Å². The zero-order valence-corrected chi connectivity index (χ0v) is 46.8. The van der Waals surface area contributed by atoms with Gasteiger partial charge in [-0.15, -0.1) is 0 Å². The molecule has 0 aromatic heterocycles. The number of carbonyl (C=O) groups is 5. The van der Waals surface area contributed by atoms with Gasteiger partial charge in [0.15, 0.2) is 6.29 Å². The van der Waals surface area contributed by atoms with Gasteiger partial charge in [0.25, 0.3) is 0 Å². The van der Waals surface area contributed by atoms with E-state index in [2.05, 4.69) is 44.5 Å². The average Bonchev–Trinajstić information content (AvgIpc) is 3.80. The van der Waals surface area contributed by atoms with Gasteiger partial charge in [-0.2, -0.15) is 0 Å². The third kappa shape index (κ3) is 33.9. The van der Waals surface area contributed by atoms with E-state index in [1.807, 2.05) is 0 Å². The molecule has 2 unspecified atom stereocenters. The average molecular weight is 1020 g/mol. The van der Waals surface area contributed by atoms with Crippen LogP contribution in [0, 0.1) is 0 Å². The molecule has 2 heterocycles. The number of amides is 1. The van der Waals surface area contributed by atoms with E-state index in [9.17, 15) is 24.0 Å². The van der Waals surface area contributed by atoms with E-state index in [0.717, 1.165) is 77.5 Å². The van der Waals surface area contributed by atoms with Crippen molar-refractivity contribution < 1.29 is 52.4 Å². The summed E-state index contributed by atoms with van der Waals surface area (Å²) in [6.07, 6.45) is 29.8. The minimum Gasteiger partial charge on any atom is -0.466 e. The maximum Gasteiger partial charge on any atom is 0.329 e.